The molecule has 0 unspecified atom stereocenters. The van der Waals surface area contributed by atoms with Gasteiger partial charge in [-0.05, 0) is 37.1 Å². The molecule has 0 saturated carbocycles. The van der Waals surface area contributed by atoms with Crippen LogP contribution in [0.3, 0.4) is 0 Å². The molecule has 0 aliphatic carbocycles. The van der Waals surface area contributed by atoms with Gasteiger partial charge in [-0.25, -0.2) is 0 Å². The number of hydrogen-bond acceptors (Lipinski definition) is 4. The highest BCUT2D eigenvalue weighted by Gasteiger charge is 2.10. The van der Waals surface area contributed by atoms with Crippen molar-refractivity contribution in [1.29, 1.82) is 0 Å². The Bertz CT molecular complexity index is 550. The zero-order valence-corrected chi connectivity index (χ0v) is 11.1. The van der Waals surface area contributed by atoms with Crippen molar-refractivity contribution >= 4 is 17.4 Å². The molecule has 1 amide bonds. The van der Waals surface area contributed by atoms with Gasteiger partial charge in [-0.2, -0.15) is 0 Å². The molecule has 0 bridgehead atoms. The molecule has 1 aromatic carbocycles. The van der Waals surface area contributed by atoms with Crippen molar-refractivity contribution in [2.75, 3.05) is 17.2 Å². The molecule has 0 radical (unpaired) electrons. The van der Waals surface area contributed by atoms with Crippen molar-refractivity contribution < 1.29 is 9.32 Å². The minimum absolute atomic E-state index is 0.187. The second kappa shape index (κ2) is 6.04. The Kier molecular flexibility index (Phi) is 4.18. The maximum Gasteiger partial charge on any atom is 0.257 e. The summed E-state index contributed by atoms with van der Waals surface area (Å²) >= 11 is 0. The Morgan fingerprint density at radius 3 is 2.84 bits per heavy atom. The monoisotopic (exact) mass is 259 g/mol. The second-order valence-electron chi connectivity index (χ2n) is 4.30. The first-order chi connectivity index (χ1) is 9.20. The number of rotatable bonds is 5. The Hall–Kier alpha value is -2.30. The first-order valence-corrected chi connectivity index (χ1v) is 6.27. The minimum atomic E-state index is -0.187. The van der Waals surface area contributed by atoms with E-state index < -0.39 is 0 Å². The minimum Gasteiger partial charge on any atom is -0.385 e. The summed E-state index contributed by atoms with van der Waals surface area (Å²) < 4.78 is 4.67. The summed E-state index contributed by atoms with van der Waals surface area (Å²) in [5, 5.41) is 9.62. The van der Waals surface area contributed by atoms with Crippen molar-refractivity contribution in [2.45, 2.75) is 20.3 Å². The number of nitrogens with zero attached hydrogens (tertiary/aromatic N) is 1. The molecule has 0 spiro atoms. The van der Waals surface area contributed by atoms with E-state index in [1.807, 2.05) is 25.1 Å². The van der Waals surface area contributed by atoms with Gasteiger partial charge in [-0.1, -0.05) is 12.1 Å². The molecule has 0 atom stereocenters. The van der Waals surface area contributed by atoms with Gasteiger partial charge in [0.15, 0.2) is 5.82 Å². The Labute approximate surface area is 112 Å². The van der Waals surface area contributed by atoms with E-state index in [1.54, 1.807) is 6.07 Å². The summed E-state index contributed by atoms with van der Waals surface area (Å²) in [6.07, 6.45) is 2.48. The largest absolute Gasteiger partial charge is 0.385 e. The number of carbonyl (C=O) groups excluding carboxylic acids is 1. The fourth-order valence-electron chi connectivity index (χ4n) is 1.76. The third-order valence-electron chi connectivity index (χ3n) is 2.73. The number of aromatic nitrogens is 1. The summed E-state index contributed by atoms with van der Waals surface area (Å²) in [6.45, 7) is 4.94. The molecule has 100 valence electrons. The Morgan fingerprint density at radius 2 is 2.21 bits per heavy atom. The van der Waals surface area contributed by atoms with Crippen LogP contribution in [0.15, 0.2) is 35.1 Å². The molecule has 2 N–H and O–H groups in total. The van der Waals surface area contributed by atoms with Crippen molar-refractivity contribution in [1.82, 2.24) is 5.16 Å². The lowest BCUT2D eigenvalue weighted by atomic mass is 10.1. The second-order valence-corrected chi connectivity index (χ2v) is 4.30. The smallest absolute Gasteiger partial charge is 0.257 e. The van der Waals surface area contributed by atoms with Gasteiger partial charge >= 0.3 is 0 Å². The predicted octanol–water partition coefficient (Wildman–Crippen LogP) is 3.06. The third-order valence-corrected chi connectivity index (χ3v) is 2.73. The highest BCUT2D eigenvalue weighted by atomic mass is 16.5. The van der Waals surface area contributed by atoms with Gasteiger partial charge in [0, 0.05) is 23.9 Å². The maximum atomic E-state index is 12.0. The highest BCUT2D eigenvalue weighted by molar-refractivity contribution is 6.04. The first-order valence-electron chi connectivity index (χ1n) is 6.27. The van der Waals surface area contributed by atoms with Crippen molar-refractivity contribution in [3.8, 4) is 0 Å². The number of benzene rings is 1. The molecule has 5 heteroatoms. The number of anilines is 2. The number of nitrogens with one attached hydrogen (secondary N) is 2. The van der Waals surface area contributed by atoms with Crippen LogP contribution in [0.2, 0.25) is 0 Å². The lowest BCUT2D eigenvalue weighted by Gasteiger charge is -2.09. The van der Waals surface area contributed by atoms with Gasteiger partial charge in [0.05, 0.1) is 0 Å². The predicted molar refractivity (Wildman–Crippen MR) is 74.4 cm³/mol. The molecule has 0 aliphatic heterocycles. The fraction of sp³-hybridized carbons (Fsp3) is 0.286. The van der Waals surface area contributed by atoms with Gasteiger partial charge in [0.25, 0.3) is 5.91 Å². The number of hydrogen-bond donors (Lipinski definition) is 2. The van der Waals surface area contributed by atoms with Crippen LogP contribution in [-0.4, -0.2) is 17.6 Å². The number of aryl methyl sites for hydroxylation is 1. The lowest BCUT2D eigenvalue weighted by Crippen LogP contribution is -2.13. The van der Waals surface area contributed by atoms with E-state index in [-0.39, 0.29) is 5.91 Å². The lowest BCUT2D eigenvalue weighted by molar-refractivity contribution is 0.102. The molecule has 2 aromatic rings. The molecule has 5 nitrogen and oxygen atoms in total. The van der Waals surface area contributed by atoms with E-state index in [2.05, 4.69) is 27.2 Å². The number of carbonyl (C=O) groups is 1. The molecule has 19 heavy (non-hydrogen) atoms. The summed E-state index contributed by atoms with van der Waals surface area (Å²) in [5.41, 5.74) is 2.57. The van der Waals surface area contributed by atoms with E-state index in [4.69, 9.17) is 0 Å². The third kappa shape index (κ3) is 3.34. The van der Waals surface area contributed by atoms with Crippen LogP contribution in [0.25, 0.3) is 0 Å². The van der Waals surface area contributed by atoms with Crippen LogP contribution < -0.4 is 10.6 Å². The van der Waals surface area contributed by atoms with Crippen LogP contribution in [0.4, 0.5) is 11.5 Å². The standard InChI is InChI=1S/C14H17N3O2/c1-3-7-15-11-4-5-12(10(2)9-11)14(18)16-13-6-8-19-17-13/h4-6,8-9,15H,3,7H2,1-2H3,(H,16,17,18). The normalized spacial score (nSPS) is 10.2. The van der Waals surface area contributed by atoms with Gasteiger partial charge in [-0.15, -0.1) is 0 Å². The molecule has 1 heterocycles. The van der Waals surface area contributed by atoms with Crippen LogP contribution in [0, 0.1) is 6.92 Å². The van der Waals surface area contributed by atoms with Crippen LogP contribution in [0.1, 0.15) is 29.3 Å². The Morgan fingerprint density at radius 1 is 1.37 bits per heavy atom. The van der Waals surface area contributed by atoms with E-state index in [0.717, 1.165) is 24.2 Å². The quantitative estimate of drug-likeness (QED) is 0.866. The van der Waals surface area contributed by atoms with Crippen LogP contribution in [-0.2, 0) is 0 Å². The van der Waals surface area contributed by atoms with Gasteiger partial charge in [-0.3, -0.25) is 4.79 Å². The van der Waals surface area contributed by atoms with Crippen molar-refractivity contribution in [3.63, 3.8) is 0 Å². The average molecular weight is 259 g/mol. The first kappa shape index (κ1) is 13.1. The van der Waals surface area contributed by atoms with Gasteiger partial charge in [0.2, 0.25) is 0 Å². The van der Waals surface area contributed by atoms with Crippen LogP contribution >= 0.6 is 0 Å². The van der Waals surface area contributed by atoms with Crippen molar-refractivity contribution in [2.24, 2.45) is 0 Å². The molecule has 2 rings (SSSR count). The van der Waals surface area contributed by atoms with E-state index in [9.17, 15) is 4.79 Å². The summed E-state index contributed by atoms with van der Waals surface area (Å²) in [5.74, 6) is 0.228. The maximum absolute atomic E-state index is 12.0. The van der Waals surface area contributed by atoms with E-state index >= 15 is 0 Å². The number of amides is 1. The molecule has 1 aromatic heterocycles. The summed E-state index contributed by atoms with van der Waals surface area (Å²) in [4.78, 5) is 12.0. The van der Waals surface area contributed by atoms with E-state index in [0.29, 0.717) is 11.4 Å². The molecule has 0 aliphatic rings. The molecular formula is C14H17N3O2. The average Bonchev–Trinajstić information content (AvgIpc) is 2.89. The van der Waals surface area contributed by atoms with Crippen molar-refractivity contribution in [3.05, 3.63) is 41.7 Å². The summed E-state index contributed by atoms with van der Waals surface area (Å²) in [6, 6.07) is 7.28. The van der Waals surface area contributed by atoms with Crippen LogP contribution in [0.5, 0.6) is 0 Å². The summed E-state index contributed by atoms with van der Waals surface area (Å²) in [7, 11) is 0. The fourth-order valence-corrected chi connectivity index (χ4v) is 1.76. The molecule has 0 saturated heterocycles. The topological polar surface area (TPSA) is 67.2 Å². The van der Waals surface area contributed by atoms with Gasteiger partial charge < -0.3 is 15.2 Å². The zero-order valence-electron chi connectivity index (χ0n) is 11.1. The van der Waals surface area contributed by atoms with Gasteiger partial charge in [0.1, 0.15) is 6.26 Å². The molecular weight excluding hydrogens is 242 g/mol. The van der Waals surface area contributed by atoms with E-state index in [1.165, 1.54) is 6.26 Å². The highest BCUT2D eigenvalue weighted by Crippen LogP contribution is 2.16. The SMILES string of the molecule is CCCNc1ccc(C(=O)Nc2ccon2)c(C)c1. The molecule has 0 fully saturated rings. The Balaban J connectivity index is 2.09. The zero-order chi connectivity index (χ0) is 13.7.